The summed E-state index contributed by atoms with van der Waals surface area (Å²) in [5, 5.41) is 16.7. The third-order valence-electron chi connectivity index (χ3n) is 4.20. The van der Waals surface area contributed by atoms with Crippen LogP contribution < -0.4 is 0 Å². The number of aromatic nitrogens is 5. The van der Waals surface area contributed by atoms with Crippen molar-refractivity contribution in [2.45, 2.75) is 16.4 Å². The molecular weight excluding hydrogens is 346 g/mol. The summed E-state index contributed by atoms with van der Waals surface area (Å²) in [6, 6.07) is 15.7. The lowest BCUT2D eigenvalue weighted by Gasteiger charge is -2.21. The standard InChI is InChI=1S/C19H13N5OS/c25-18-15-9-14(12-5-2-1-3-6-12)11-21-17(15)26-19-22-16(23-24(18)19)13-7-4-8-20-10-13/h1-11,18,25H. The van der Waals surface area contributed by atoms with Crippen molar-refractivity contribution in [2.24, 2.45) is 0 Å². The predicted octanol–water partition coefficient (Wildman–Crippen LogP) is 3.41. The molecule has 1 aliphatic rings. The van der Waals surface area contributed by atoms with E-state index in [4.69, 9.17) is 0 Å². The molecule has 1 N–H and O–H groups in total. The first-order chi connectivity index (χ1) is 12.8. The third kappa shape index (κ3) is 2.49. The molecule has 1 unspecified atom stereocenters. The van der Waals surface area contributed by atoms with Crippen molar-refractivity contribution in [3.05, 3.63) is 72.7 Å². The van der Waals surface area contributed by atoms with Crippen LogP contribution in [-0.2, 0) is 0 Å². The molecule has 6 nitrogen and oxygen atoms in total. The van der Waals surface area contributed by atoms with Gasteiger partial charge in [-0.05, 0) is 35.5 Å². The van der Waals surface area contributed by atoms with Gasteiger partial charge in [0, 0.05) is 35.3 Å². The minimum atomic E-state index is -0.921. The Morgan fingerprint density at radius 1 is 0.962 bits per heavy atom. The lowest BCUT2D eigenvalue weighted by Crippen LogP contribution is -2.18. The summed E-state index contributed by atoms with van der Waals surface area (Å²) in [5.74, 6) is 0.538. The largest absolute Gasteiger partial charge is 0.368 e. The zero-order valence-corrected chi connectivity index (χ0v) is 14.3. The molecule has 0 aliphatic carbocycles. The molecule has 5 rings (SSSR count). The maximum absolute atomic E-state index is 10.8. The van der Waals surface area contributed by atoms with E-state index in [0.717, 1.165) is 27.3 Å². The number of aliphatic hydroxyl groups is 1. The van der Waals surface area contributed by atoms with Crippen molar-refractivity contribution in [2.75, 3.05) is 0 Å². The number of fused-ring (bicyclic) bond motifs is 2. The Bertz CT molecular complexity index is 1080. The van der Waals surface area contributed by atoms with Gasteiger partial charge >= 0.3 is 0 Å². The van der Waals surface area contributed by atoms with Crippen LogP contribution >= 0.6 is 11.8 Å². The van der Waals surface area contributed by atoms with Crippen molar-refractivity contribution in [3.8, 4) is 22.5 Å². The van der Waals surface area contributed by atoms with Crippen LogP contribution in [0, 0.1) is 0 Å². The number of pyridine rings is 2. The van der Waals surface area contributed by atoms with Gasteiger partial charge in [0.05, 0.1) is 0 Å². The van der Waals surface area contributed by atoms with Crippen molar-refractivity contribution < 1.29 is 5.11 Å². The highest BCUT2D eigenvalue weighted by Gasteiger charge is 2.29. The van der Waals surface area contributed by atoms with E-state index >= 15 is 0 Å². The lowest BCUT2D eigenvalue weighted by molar-refractivity contribution is 0.115. The van der Waals surface area contributed by atoms with Crippen LogP contribution in [0.2, 0.25) is 0 Å². The summed E-state index contributed by atoms with van der Waals surface area (Å²) < 4.78 is 1.53. The van der Waals surface area contributed by atoms with E-state index < -0.39 is 6.23 Å². The fraction of sp³-hybridized carbons (Fsp3) is 0.0526. The van der Waals surface area contributed by atoms with E-state index in [1.165, 1.54) is 16.4 Å². The van der Waals surface area contributed by atoms with Crippen LogP contribution in [0.25, 0.3) is 22.5 Å². The highest BCUT2D eigenvalue weighted by atomic mass is 32.2. The van der Waals surface area contributed by atoms with Crippen molar-refractivity contribution in [1.82, 2.24) is 24.7 Å². The maximum Gasteiger partial charge on any atom is 0.195 e. The summed E-state index contributed by atoms with van der Waals surface area (Å²) in [6.07, 6.45) is 4.31. The van der Waals surface area contributed by atoms with Gasteiger partial charge in [0.15, 0.2) is 17.2 Å². The molecule has 1 aliphatic heterocycles. The number of benzene rings is 1. The van der Waals surface area contributed by atoms with Crippen LogP contribution in [0.1, 0.15) is 11.8 Å². The van der Waals surface area contributed by atoms with Gasteiger partial charge in [0.25, 0.3) is 0 Å². The summed E-state index contributed by atoms with van der Waals surface area (Å²) in [5.41, 5.74) is 3.55. The molecule has 0 saturated heterocycles. The van der Waals surface area contributed by atoms with Crippen LogP contribution in [0.4, 0.5) is 0 Å². The summed E-state index contributed by atoms with van der Waals surface area (Å²) in [6.45, 7) is 0. The molecule has 0 bridgehead atoms. The van der Waals surface area contributed by atoms with Crippen LogP contribution in [0.15, 0.2) is 77.3 Å². The van der Waals surface area contributed by atoms with E-state index in [1.807, 2.05) is 54.7 Å². The Morgan fingerprint density at radius 2 is 1.81 bits per heavy atom. The fourth-order valence-corrected chi connectivity index (χ4v) is 3.83. The molecule has 0 fully saturated rings. The fourth-order valence-electron chi connectivity index (χ4n) is 2.90. The monoisotopic (exact) mass is 359 g/mol. The second-order valence-corrected chi connectivity index (χ2v) is 6.82. The first kappa shape index (κ1) is 15.2. The normalized spacial score (nSPS) is 15.3. The van der Waals surface area contributed by atoms with E-state index in [-0.39, 0.29) is 0 Å². The number of hydrogen-bond donors (Lipinski definition) is 1. The Labute approximate surface area is 153 Å². The first-order valence-electron chi connectivity index (χ1n) is 8.08. The predicted molar refractivity (Wildman–Crippen MR) is 97.4 cm³/mol. The van der Waals surface area contributed by atoms with Crippen LogP contribution in [0.5, 0.6) is 0 Å². The van der Waals surface area contributed by atoms with E-state index in [9.17, 15) is 5.11 Å². The van der Waals surface area contributed by atoms with E-state index in [1.54, 1.807) is 12.4 Å². The van der Waals surface area contributed by atoms with Crippen LogP contribution in [-0.4, -0.2) is 29.8 Å². The highest BCUT2D eigenvalue weighted by molar-refractivity contribution is 7.99. The van der Waals surface area contributed by atoms with E-state index in [2.05, 4.69) is 20.1 Å². The number of nitrogens with zero attached hydrogens (tertiary/aromatic N) is 5. The minimum absolute atomic E-state index is 0.538. The smallest absolute Gasteiger partial charge is 0.195 e. The van der Waals surface area contributed by atoms with Crippen molar-refractivity contribution in [1.29, 1.82) is 0 Å². The number of rotatable bonds is 2. The molecule has 4 aromatic rings. The zero-order valence-electron chi connectivity index (χ0n) is 13.5. The summed E-state index contributed by atoms with van der Waals surface area (Å²) in [4.78, 5) is 13.2. The number of aliphatic hydroxyl groups excluding tert-OH is 1. The average molecular weight is 359 g/mol. The summed E-state index contributed by atoms with van der Waals surface area (Å²) in [7, 11) is 0. The van der Waals surface area contributed by atoms with Gasteiger partial charge in [0.2, 0.25) is 0 Å². The minimum Gasteiger partial charge on any atom is -0.368 e. The second kappa shape index (κ2) is 6.05. The molecule has 1 atom stereocenters. The topological polar surface area (TPSA) is 76.7 Å². The van der Waals surface area contributed by atoms with E-state index in [0.29, 0.717) is 11.0 Å². The number of hydrogen-bond acceptors (Lipinski definition) is 6. The molecule has 0 amide bonds. The Hall–Kier alpha value is -3.03. The van der Waals surface area contributed by atoms with Gasteiger partial charge in [-0.2, -0.15) is 0 Å². The molecule has 7 heteroatoms. The zero-order chi connectivity index (χ0) is 17.5. The molecule has 3 aromatic heterocycles. The molecule has 0 spiro atoms. The van der Waals surface area contributed by atoms with Gasteiger partial charge in [-0.15, -0.1) is 5.10 Å². The molecular formula is C19H13N5OS. The van der Waals surface area contributed by atoms with Gasteiger partial charge < -0.3 is 5.11 Å². The molecule has 4 heterocycles. The van der Waals surface area contributed by atoms with Gasteiger partial charge in [-0.1, -0.05) is 30.3 Å². The first-order valence-corrected chi connectivity index (χ1v) is 8.89. The summed E-state index contributed by atoms with van der Waals surface area (Å²) >= 11 is 1.40. The maximum atomic E-state index is 10.8. The van der Waals surface area contributed by atoms with Crippen molar-refractivity contribution >= 4 is 11.8 Å². The highest BCUT2D eigenvalue weighted by Crippen LogP contribution is 2.40. The molecule has 26 heavy (non-hydrogen) atoms. The lowest BCUT2D eigenvalue weighted by atomic mass is 10.1. The molecule has 0 saturated carbocycles. The SMILES string of the molecule is OC1c2cc(-c3ccccc3)cnc2Sc2nc(-c3cccnc3)nn21. The Kier molecular flexibility index (Phi) is 3.55. The Morgan fingerprint density at radius 3 is 2.62 bits per heavy atom. The quantitative estimate of drug-likeness (QED) is 0.591. The third-order valence-corrected chi connectivity index (χ3v) is 5.20. The van der Waals surface area contributed by atoms with Gasteiger partial charge in [-0.25, -0.2) is 14.6 Å². The molecule has 126 valence electrons. The second-order valence-electron chi connectivity index (χ2n) is 5.86. The molecule has 1 aromatic carbocycles. The Balaban J connectivity index is 1.56. The van der Waals surface area contributed by atoms with Crippen molar-refractivity contribution in [3.63, 3.8) is 0 Å². The molecule has 0 radical (unpaired) electrons. The van der Waals surface area contributed by atoms with Gasteiger partial charge in [-0.3, -0.25) is 4.98 Å². The average Bonchev–Trinajstić information content (AvgIpc) is 3.14. The van der Waals surface area contributed by atoms with Crippen LogP contribution in [0.3, 0.4) is 0 Å². The van der Waals surface area contributed by atoms with Gasteiger partial charge in [0.1, 0.15) is 5.03 Å².